The molecule has 2 heterocycles. The summed E-state index contributed by atoms with van der Waals surface area (Å²) in [5.74, 6) is -0.177. The molecule has 3 rings (SSSR count). The molecule has 0 atom stereocenters. The van der Waals surface area contributed by atoms with Crippen LogP contribution in [0.15, 0.2) is 42.6 Å². The van der Waals surface area contributed by atoms with Gasteiger partial charge in [-0.2, -0.15) is 0 Å². The van der Waals surface area contributed by atoms with Gasteiger partial charge in [0.15, 0.2) is 0 Å². The van der Waals surface area contributed by atoms with Crippen LogP contribution >= 0.6 is 0 Å². The molecule has 6 heteroatoms. The Morgan fingerprint density at radius 2 is 1.75 bits per heavy atom. The first-order chi connectivity index (χ1) is 13.5. The Morgan fingerprint density at radius 3 is 2.39 bits per heavy atom. The van der Waals surface area contributed by atoms with Gasteiger partial charge in [-0.1, -0.05) is 12.1 Å². The van der Waals surface area contributed by atoms with Crippen LogP contribution in [0.3, 0.4) is 0 Å². The molecule has 2 aromatic rings. The average Bonchev–Trinajstić information content (AvgIpc) is 2.74. The van der Waals surface area contributed by atoms with Gasteiger partial charge >= 0.3 is 0 Å². The molecule has 0 aliphatic carbocycles. The van der Waals surface area contributed by atoms with Crippen LogP contribution in [0.4, 0.5) is 5.69 Å². The summed E-state index contributed by atoms with van der Waals surface area (Å²) in [6.45, 7) is 10.1. The first-order valence-corrected chi connectivity index (χ1v) is 9.89. The fourth-order valence-electron chi connectivity index (χ4n) is 3.53. The quantitative estimate of drug-likeness (QED) is 0.800. The van der Waals surface area contributed by atoms with Gasteiger partial charge in [-0.05, 0) is 50.6 Å². The number of piperazine rings is 1. The topological polar surface area (TPSA) is 56.8 Å². The highest BCUT2D eigenvalue weighted by Gasteiger charge is 2.24. The molecule has 6 nitrogen and oxygen atoms in total. The molecule has 0 radical (unpaired) electrons. The molecule has 0 N–H and O–H groups in total. The van der Waals surface area contributed by atoms with Crippen molar-refractivity contribution in [1.82, 2.24) is 14.8 Å². The lowest BCUT2D eigenvalue weighted by atomic mass is 10.1. The summed E-state index contributed by atoms with van der Waals surface area (Å²) in [7, 11) is 0. The van der Waals surface area contributed by atoms with E-state index < -0.39 is 0 Å². The number of aromatic nitrogens is 1. The summed E-state index contributed by atoms with van der Waals surface area (Å²) in [6, 6.07) is 11.7. The fourth-order valence-corrected chi connectivity index (χ4v) is 3.53. The maximum Gasteiger partial charge on any atom is 0.272 e. The van der Waals surface area contributed by atoms with E-state index in [4.69, 9.17) is 0 Å². The molecule has 1 aromatic carbocycles. The van der Waals surface area contributed by atoms with E-state index in [1.807, 2.05) is 18.7 Å². The van der Waals surface area contributed by atoms with E-state index >= 15 is 0 Å². The predicted octanol–water partition coefficient (Wildman–Crippen LogP) is 2.83. The SMILES string of the molecule is CCN(CC)C(=O)c1cc(C(=O)N2CCN(c3cccc(C)c3)CC2)ccn1. The molecular weight excluding hydrogens is 352 g/mol. The number of rotatable bonds is 5. The molecular formula is C22H28N4O2. The number of nitrogens with zero attached hydrogens (tertiary/aromatic N) is 4. The maximum absolute atomic E-state index is 12.9. The Kier molecular flexibility index (Phi) is 6.29. The van der Waals surface area contributed by atoms with Crippen LogP contribution in [-0.4, -0.2) is 65.9 Å². The molecule has 28 heavy (non-hydrogen) atoms. The van der Waals surface area contributed by atoms with Crippen LogP contribution in [0.1, 0.15) is 40.3 Å². The number of amides is 2. The molecule has 2 amide bonds. The van der Waals surface area contributed by atoms with Gasteiger partial charge in [0.05, 0.1) is 0 Å². The van der Waals surface area contributed by atoms with Gasteiger partial charge < -0.3 is 14.7 Å². The fraction of sp³-hybridized carbons (Fsp3) is 0.409. The summed E-state index contributed by atoms with van der Waals surface area (Å²) in [5, 5.41) is 0. The van der Waals surface area contributed by atoms with Gasteiger partial charge in [0.1, 0.15) is 5.69 Å². The van der Waals surface area contributed by atoms with Crippen LogP contribution in [0.5, 0.6) is 0 Å². The molecule has 0 spiro atoms. The highest BCUT2D eigenvalue weighted by atomic mass is 16.2. The number of hydrogen-bond acceptors (Lipinski definition) is 4. The van der Waals surface area contributed by atoms with E-state index in [2.05, 4.69) is 41.1 Å². The molecule has 1 aromatic heterocycles. The zero-order valence-corrected chi connectivity index (χ0v) is 16.9. The van der Waals surface area contributed by atoms with Crippen LogP contribution in [0, 0.1) is 6.92 Å². The Hall–Kier alpha value is -2.89. The highest BCUT2D eigenvalue weighted by Crippen LogP contribution is 2.19. The van der Waals surface area contributed by atoms with Gasteiger partial charge in [-0.25, -0.2) is 0 Å². The van der Waals surface area contributed by atoms with Crippen molar-refractivity contribution in [2.45, 2.75) is 20.8 Å². The van der Waals surface area contributed by atoms with Crippen molar-refractivity contribution in [2.24, 2.45) is 0 Å². The van der Waals surface area contributed by atoms with Crippen molar-refractivity contribution in [3.05, 3.63) is 59.4 Å². The molecule has 1 fully saturated rings. The van der Waals surface area contributed by atoms with E-state index in [9.17, 15) is 9.59 Å². The average molecular weight is 380 g/mol. The smallest absolute Gasteiger partial charge is 0.272 e. The van der Waals surface area contributed by atoms with Gasteiger partial charge in [-0.15, -0.1) is 0 Å². The number of hydrogen-bond donors (Lipinski definition) is 0. The van der Waals surface area contributed by atoms with Crippen LogP contribution in [-0.2, 0) is 0 Å². The zero-order chi connectivity index (χ0) is 20.1. The monoisotopic (exact) mass is 380 g/mol. The Balaban J connectivity index is 1.67. The van der Waals surface area contributed by atoms with Gasteiger partial charge in [-0.3, -0.25) is 14.6 Å². The molecule has 0 bridgehead atoms. The normalized spacial score (nSPS) is 14.1. The summed E-state index contributed by atoms with van der Waals surface area (Å²) in [6.07, 6.45) is 1.55. The lowest BCUT2D eigenvalue weighted by Gasteiger charge is -2.36. The first-order valence-electron chi connectivity index (χ1n) is 9.89. The first kappa shape index (κ1) is 19.9. The van der Waals surface area contributed by atoms with Crippen molar-refractivity contribution in [1.29, 1.82) is 0 Å². The summed E-state index contributed by atoms with van der Waals surface area (Å²) < 4.78 is 0. The van der Waals surface area contributed by atoms with E-state index in [0.29, 0.717) is 37.4 Å². The Bertz CT molecular complexity index is 840. The minimum Gasteiger partial charge on any atom is -0.368 e. The summed E-state index contributed by atoms with van der Waals surface area (Å²) in [4.78, 5) is 35.5. The number of aryl methyl sites for hydroxylation is 1. The summed E-state index contributed by atoms with van der Waals surface area (Å²) >= 11 is 0. The second kappa shape index (κ2) is 8.87. The second-order valence-corrected chi connectivity index (χ2v) is 7.03. The molecule has 1 saturated heterocycles. The number of benzene rings is 1. The largest absolute Gasteiger partial charge is 0.368 e. The number of pyridine rings is 1. The lowest BCUT2D eigenvalue weighted by Crippen LogP contribution is -2.48. The minimum atomic E-state index is -0.135. The molecule has 0 unspecified atom stereocenters. The third kappa shape index (κ3) is 4.32. The molecule has 148 valence electrons. The number of carbonyl (C=O) groups excluding carboxylic acids is 2. The Morgan fingerprint density at radius 1 is 1.04 bits per heavy atom. The third-order valence-electron chi connectivity index (χ3n) is 5.21. The molecule has 0 saturated carbocycles. The van der Waals surface area contributed by atoms with Crippen molar-refractivity contribution in [3.63, 3.8) is 0 Å². The highest BCUT2D eigenvalue weighted by molar-refractivity contribution is 5.98. The van der Waals surface area contributed by atoms with Crippen molar-refractivity contribution in [2.75, 3.05) is 44.2 Å². The van der Waals surface area contributed by atoms with Crippen molar-refractivity contribution >= 4 is 17.5 Å². The van der Waals surface area contributed by atoms with Crippen LogP contribution in [0.25, 0.3) is 0 Å². The Labute approximate surface area is 166 Å². The number of carbonyl (C=O) groups is 2. The van der Waals surface area contributed by atoms with E-state index in [-0.39, 0.29) is 11.8 Å². The second-order valence-electron chi connectivity index (χ2n) is 7.03. The van der Waals surface area contributed by atoms with Gasteiger partial charge in [0.2, 0.25) is 0 Å². The number of anilines is 1. The van der Waals surface area contributed by atoms with Crippen LogP contribution in [0.2, 0.25) is 0 Å². The molecule has 1 aliphatic heterocycles. The van der Waals surface area contributed by atoms with E-state index in [0.717, 1.165) is 13.1 Å². The maximum atomic E-state index is 12.9. The van der Waals surface area contributed by atoms with Gasteiger partial charge in [0.25, 0.3) is 11.8 Å². The third-order valence-corrected chi connectivity index (χ3v) is 5.21. The van der Waals surface area contributed by atoms with Crippen molar-refractivity contribution in [3.8, 4) is 0 Å². The van der Waals surface area contributed by atoms with E-state index in [1.165, 1.54) is 11.3 Å². The van der Waals surface area contributed by atoms with Gasteiger partial charge in [0, 0.05) is 56.7 Å². The standard InChI is InChI=1S/C22H28N4O2/c1-4-24(5-2)22(28)20-16-18(9-10-23-20)21(27)26-13-11-25(12-14-26)19-8-6-7-17(3)15-19/h6-10,15-16H,4-5,11-14H2,1-3H3. The van der Waals surface area contributed by atoms with Crippen LogP contribution < -0.4 is 4.90 Å². The summed E-state index contributed by atoms with van der Waals surface area (Å²) in [5.41, 5.74) is 3.28. The van der Waals surface area contributed by atoms with E-state index in [1.54, 1.807) is 23.2 Å². The zero-order valence-electron chi connectivity index (χ0n) is 16.9. The minimum absolute atomic E-state index is 0.0418. The lowest BCUT2D eigenvalue weighted by molar-refractivity contribution is 0.0746. The predicted molar refractivity (Wildman–Crippen MR) is 111 cm³/mol. The van der Waals surface area contributed by atoms with Crippen molar-refractivity contribution < 1.29 is 9.59 Å². The molecule has 1 aliphatic rings.